The van der Waals surface area contributed by atoms with Gasteiger partial charge in [-0.25, -0.2) is 4.98 Å². The fourth-order valence-electron chi connectivity index (χ4n) is 3.75. The first kappa shape index (κ1) is 24.1. The average molecular weight is 448 g/mol. The van der Waals surface area contributed by atoms with Crippen LogP contribution in [0.15, 0.2) is 47.6 Å². The van der Waals surface area contributed by atoms with Gasteiger partial charge in [0.1, 0.15) is 23.6 Å². The number of nitrogens with two attached hydrogens (primary N) is 1. The zero-order chi connectivity index (χ0) is 23.6. The Balaban J connectivity index is 0.000000257. The molecular weight excluding hydrogens is 414 g/mol. The third kappa shape index (κ3) is 5.84. The molecule has 3 aromatic rings. The second kappa shape index (κ2) is 11.9. The second-order valence-electron chi connectivity index (χ2n) is 7.74. The van der Waals surface area contributed by atoms with Crippen molar-refractivity contribution in [2.24, 2.45) is 10.7 Å². The highest BCUT2D eigenvalue weighted by Gasteiger charge is 2.25. The molecule has 0 unspecified atom stereocenters. The molecule has 174 valence electrons. The van der Waals surface area contributed by atoms with Gasteiger partial charge in [-0.15, -0.1) is 0 Å². The van der Waals surface area contributed by atoms with Crippen molar-refractivity contribution in [1.29, 1.82) is 0 Å². The molecule has 0 radical (unpaired) electrons. The summed E-state index contributed by atoms with van der Waals surface area (Å²) in [6.07, 6.45) is 5.75. The fraction of sp³-hybridized carbons (Fsp3) is 0.360. The van der Waals surface area contributed by atoms with E-state index in [4.69, 9.17) is 10.7 Å². The van der Waals surface area contributed by atoms with E-state index in [9.17, 15) is 4.79 Å². The third-order valence-electron chi connectivity index (χ3n) is 5.53. The summed E-state index contributed by atoms with van der Waals surface area (Å²) in [5, 5.41) is 6.16. The van der Waals surface area contributed by atoms with Crippen LogP contribution < -0.4 is 16.4 Å². The summed E-state index contributed by atoms with van der Waals surface area (Å²) in [6, 6.07) is 11.3. The maximum Gasteiger partial charge on any atom is 0.150 e. The van der Waals surface area contributed by atoms with E-state index in [1.807, 2.05) is 38.5 Å². The topological polar surface area (TPSA) is 110 Å². The minimum Gasteiger partial charge on any atom is -0.388 e. The van der Waals surface area contributed by atoms with Crippen molar-refractivity contribution in [2.75, 3.05) is 26.0 Å². The lowest BCUT2D eigenvalue weighted by molar-refractivity contribution is 0.112. The number of nitrogens with zero attached hydrogens (tertiary/aromatic N) is 4. The summed E-state index contributed by atoms with van der Waals surface area (Å²) in [5.74, 6) is 1.57. The molecule has 0 saturated carbocycles. The summed E-state index contributed by atoms with van der Waals surface area (Å²) in [5.41, 5.74) is 11.8. The summed E-state index contributed by atoms with van der Waals surface area (Å²) in [4.78, 5) is 24.0. The number of pyridine rings is 1. The first-order valence-electron chi connectivity index (χ1n) is 11.3. The van der Waals surface area contributed by atoms with Crippen LogP contribution in [0, 0.1) is 0 Å². The minimum atomic E-state index is 0.515. The van der Waals surface area contributed by atoms with Crippen molar-refractivity contribution in [3.8, 4) is 11.4 Å². The van der Waals surface area contributed by atoms with E-state index in [-0.39, 0.29) is 0 Å². The lowest BCUT2D eigenvalue weighted by atomic mass is 10.1. The molecule has 0 aliphatic carbocycles. The van der Waals surface area contributed by atoms with Gasteiger partial charge in [0.25, 0.3) is 0 Å². The molecule has 3 heterocycles. The van der Waals surface area contributed by atoms with Crippen molar-refractivity contribution in [3.05, 3.63) is 65.2 Å². The normalized spacial score (nSPS) is 11.9. The van der Waals surface area contributed by atoms with E-state index >= 15 is 0 Å². The largest absolute Gasteiger partial charge is 0.388 e. The molecule has 0 amide bonds. The van der Waals surface area contributed by atoms with Gasteiger partial charge >= 0.3 is 0 Å². The highest BCUT2D eigenvalue weighted by Crippen LogP contribution is 2.30. The van der Waals surface area contributed by atoms with Crippen molar-refractivity contribution in [1.82, 2.24) is 19.9 Å². The number of imidazole rings is 1. The van der Waals surface area contributed by atoms with Gasteiger partial charge in [0.2, 0.25) is 0 Å². The molecule has 0 fully saturated rings. The summed E-state index contributed by atoms with van der Waals surface area (Å²) in [7, 11) is 3.83. The Labute approximate surface area is 195 Å². The minimum absolute atomic E-state index is 0.515. The number of rotatable bonds is 8. The monoisotopic (exact) mass is 447 g/mol. The molecule has 33 heavy (non-hydrogen) atoms. The average Bonchev–Trinajstić information content (AvgIpc) is 3.17. The molecule has 1 aliphatic rings. The van der Waals surface area contributed by atoms with Crippen LogP contribution in [-0.4, -0.2) is 47.3 Å². The number of hydrogen-bond donors (Lipinski definition) is 3. The molecule has 0 bridgehead atoms. The predicted octanol–water partition coefficient (Wildman–Crippen LogP) is 3.27. The molecule has 4 rings (SSSR count). The SMILES string of the molecule is CCc1nc2c(n1CCCCNC)-c1ncccc1CN=C2N.CNc1ccc(C=O)cc1. The lowest BCUT2D eigenvalue weighted by Crippen LogP contribution is -2.15. The molecular formula is C25H33N7O. The van der Waals surface area contributed by atoms with Crippen LogP contribution in [0.2, 0.25) is 0 Å². The molecule has 1 aromatic carbocycles. The zero-order valence-corrected chi connectivity index (χ0v) is 19.6. The Morgan fingerprint density at radius 1 is 1.12 bits per heavy atom. The van der Waals surface area contributed by atoms with Gasteiger partial charge in [0.05, 0.1) is 17.9 Å². The number of fused-ring (bicyclic) bond motifs is 3. The number of aromatic nitrogens is 3. The number of amidine groups is 1. The molecule has 0 atom stereocenters. The summed E-state index contributed by atoms with van der Waals surface area (Å²) in [6.45, 7) is 4.64. The van der Waals surface area contributed by atoms with Gasteiger partial charge in [-0.1, -0.05) is 13.0 Å². The van der Waals surface area contributed by atoms with Gasteiger partial charge in [0.15, 0.2) is 0 Å². The van der Waals surface area contributed by atoms with Crippen LogP contribution in [-0.2, 0) is 19.5 Å². The Morgan fingerprint density at radius 2 is 1.91 bits per heavy atom. The lowest BCUT2D eigenvalue weighted by Gasteiger charge is -2.12. The Bertz CT molecular complexity index is 1090. The number of hydrogen-bond acceptors (Lipinski definition) is 7. The number of aldehydes is 1. The summed E-state index contributed by atoms with van der Waals surface area (Å²) >= 11 is 0. The van der Waals surface area contributed by atoms with E-state index in [2.05, 4.69) is 38.2 Å². The predicted molar refractivity (Wildman–Crippen MR) is 134 cm³/mol. The number of aryl methyl sites for hydroxylation is 1. The van der Waals surface area contributed by atoms with E-state index in [1.54, 1.807) is 12.1 Å². The van der Waals surface area contributed by atoms with Gasteiger partial charge in [-0.05, 0) is 56.8 Å². The van der Waals surface area contributed by atoms with E-state index in [0.717, 1.165) is 72.8 Å². The Morgan fingerprint density at radius 3 is 2.58 bits per heavy atom. The first-order chi connectivity index (χ1) is 16.1. The number of benzene rings is 1. The van der Waals surface area contributed by atoms with Crippen LogP contribution in [0.3, 0.4) is 0 Å². The Kier molecular flexibility index (Phi) is 8.71. The van der Waals surface area contributed by atoms with Crippen molar-refractivity contribution >= 4 is 17.8 Å². The van der Waals surface area contributed by atoms with Crippen molar-refractivity contribution in [3.63, 3.8) is 0 Å². The van der Waals surface area contributed by atoms with E-state index < -0.39 is 0 Å². The van der Waals surface area contributed by atoms with Gasteiger partial charge in [-0.3, -0.25) is 14.8 Å². The number of carbonyl (C=O) groups is 1. The van der Waals surface area contributed by atoms with Gasteiger partial charge < -0.3 is 20.9 Å². The molecule has 8 heteroatoms. The van der Waals surface area contributed by atoms with Crippen molar-refractivity contribution < 1.29 is 4.79 Å². The third-order valence-corrected chi connectivity index (χ3v) is 5.53. The number of unbranched alkanes of at least 4 members (excludes halogenated alkanes) is 1. The van der Waals surface area contributed by atoms with Crippen molar-refractivity contribution in [2.45, 2.75) is 39.3 Å². The van der Waals surface area contributed by atoms with E-state index in [0.29, 0.717) is 17.9 Å². The standard InChI is InChI=1S/C17H24N6.C8H9NO/c1-3-13-22-15-16(23(13)10-5-4-8-19-2)14-12(7-6-9-20-14)11-21-17(15)18;1-9-8-4-2-7(6-10)3-5-8/h6-7,9,19H,3-5,8,10-11H2,1-2H3,(H2,18,21);2-6,9H,1H3. The quantitative estimate of drug-likeness (QED) is 0.361. The first-order valence-corrected chi connectivity index (χ1v) is 11.3. The molecule has 0 saturated heterocycles. The number of aliphatic imine (C=N–C) groups is 1. The fourth-order valence-corrected chi connectivity index (χ4v) is 3.75. The molecule has 8 nitrogen and oxygen atoms in total. The Hall–Kier alpha value is -3.52. The van der Waals surface area contributed by atoms with Gasteiger partial charge in [-0.2, -0.15) is 0 Å². The van der Waals surface area contributed by atoms with E-state index in [1.165, 1.54) is 0 Å². The maximum absolute atomic E-state index is 10.2. The molecule has 4 N–H and O–H groups in total. The summed E-state index contributed by atoms with van der Waals surface area (Å²) < 4.78 is 2.28. The maximum atomic E-state index is 10.2. The number of nitrogens with one attached hydrogen (secondary N) is 2. The van der Waals surface area contributed by atoms with Crippen LogP contribution in [0.25, 0.3) is 11.4 Å². The van der Waals surface area contributed by atoms with Crippen LogP contribution in [0.1, 0.15) is 47.2 Å². The van der Waals surface area contributed by atoms with Gasteiger partial charge in [0, 0.05) is 43.0 Å². The highest BCUT2D eigenvalue weighted by atomic mass is 16.1. The van der Waals surface area contributed by atoms with Crippen LogP contribution in [0.5, 0.6) is 0 Å². The zero-order valence-electron chi connectivity index (χ0n) is 19.6. The van der Waals surface area contributed by atoms with Crippen LogP contribution in [0.4, 0.5) is 5.69 Å². The smallest absolute Gasteiger partial charge is 0.150 e. The second-order valence-corrected chi connectivity index (χ2v) is 7.74. The van der Waals surface area contributed by atoms with Crippen LogP contribution >= 0.6 is 0 Å². The number of carbonyl (C=O) groups excluding carboxylic acids is 1. The molecule has 2 aromatic heterocycles. The molecule has 0 spiro atoms. The molecule has 1 aliphatic heterocycles. The number of anilines is 1. The highest BCUT2D eigenvalue weighted by molar-refractivity contribution is 6.02.